The molecule has 2 aromatic heterocycles. The van der Waals surface area contributed by atoms with Gasteiger partial charge in [-0.1, -0.05) is 0 Å². The standard InChI is InChI=1S/C12H14N4O6S/c1-13-23(20,21)10-5-4-7(22-10)11(18)14-8-6-9(17)16(3)12(19)15(8)2/h4-6,13H,1-3H3,(H,14,18). The number of amides is 1. The lowest BCUT2D eigenvalue weighted by Crippen LogP contribution is -2.38. The van der Waals surface area contributed by atoms with E-state index in [0.717, 1.165) is 21.3 Å². The lowest BCUT2D eigenvalue weighted by molar-refractivity contribution is 0.0990. The maximum Gasteiger partial charge on any atom is 0.332 e. The van der Waals surface area contributed by atoms with Crippen LogP contribution >= 0.6 is 0 Å². The van der Waals surface area contributed by atoms with Crippen LogP contribution < -0.4 is 21.3 Å². The molecule has 0 aromatic carbocycles. The van der Waals surface area contributed by atoms with Crippen molar-refractivity contribution in [3.8, 4) is 0 Å². The van der Waals surface area contributed by atoms with Gasteiger partial charge < -0.3 is 9.73 Å². The fraction of sp³-hybridized carbons (Fsp3) is 0.250. The van der Waals surface area contributed by atoms with Gasteiger partial charge in [-0.2, -0.15) is 0 Å². The highest BCUT2D eigenvalue weighted by Gasteiger charge is 2.20. The molecule has 10 nitrogen and oxygen atoms in total. The van der Waals surface area contributed by atoms with E-state index >= 15 is 0 Å². The van der Waals surface area contributed by atoms with Crippen molar-refractivity contribution in [2.24, 2.45) is 14.1 Å². The van der Waals surface area contributed by atoms with E-state index in [1.54, 1.807) is 0 Å². The van der Waals surface area contributed by atoms with Gasteiger partial charge in [-0.05, 0) is 19.2 Å². The van der Waals surface area contributed by atoms with Crippen LogP contribution in [0.4, 0.5) is 5.82 Å². The van der Waals surface area contributed by atoms with Crippen molar-refractivity contribution < 1.29 is 17.6 Å². The minimum atomic E-state index is -3.82. The van der Waals surface area contributed by atoms with E-state index in [1.165, 1.54) is 27.2 Å². The van der Waals surface area contributed by atoms with Crippen molar-refractivity contribution in [1.29, 1.82) is 0 Å². The quantitative estimate of drug-likeness (QED) is 0.720. The van der Waals surface area contributed by atoms with Gasteiger partial charge in [0.25, 0.3) is 21.5 Å². The summed E-state index contributed by atoms with van der Waals surface area (Å²) in [5.41, 5.74) is -1.22. The second-order valence-corrected chi connectivity index (χ2v) is 6.37. The normalized spacial score (nSPS) is 11.4. The predicted octanol–water partition coefficient (Wildman–Crippen LogP) is -1.16. The summed E-state index contributed by atoms with van der Waals surface area (Å²) in [4.78, 5) is 35.4. The summed E-state index contributed by atoms with van der Waals surface area (Å²) in [5.74, 6) is -1.13. The maximum atomic E-state index is 12.1. The highest BCUT2D eigenvalue weighted by atomic mass is 32.2. The summed E-state index contributed by atoms with van der Waals surface area (Å²) in [5, 5.41) is 1.89. The topological polar surface area (TPSA) is 132 Å². The fourth-order valence-corrected chi connectivity index (χ4v) is 2.37. The number of nitrogens with zero attached hydrogens (tertiary/aromatic N) is 2. The Bertz CT molecular complexity index is 982. The Morgan fingerprint density at radius 2 is 1.83 bits per heavy atom. The molecule has 124 valence electrons. The van der Waals surface area contributed by atoms with Crippen LogP contribution in [0.5, 0.6) is 0 Å². The van der Waals surface area contributed by atoms with Crippen LogP contribution in [0.25, 0.3) is 0 Å². The van der Waals surface area contributed by atoms with Crippen molar-refractivity contribution >= 4 is 21.7 Å². The zero-order chi connectivity index (χ0) is 17.4. The van der Waals surface area contributed by atoms with Gasteiger partial charge in [0.15, 0.2) is 5.76 Å². The Morgan fingerprint density at radius 3 is 2.43 bits per heavy atom. The molecular weight excluding hydrogens is 328 g/mol. The SMILES string of the molecule is CNS(=O)(=O)c1ccc(C(=O)Nc2cc(=O)n(C)c(=O)n2C)o1. The molecule has 11 heteroatoms. The van der Waals surface area contributed by atoms with Crippen LogP contribution in [0.2, 0.25) is 0 Å². The number of anilines is 1. The van der Waals surface area contributed by atoms with Gasteiger partial charge in [0.2, 0.25) is 5.09 Å². The number of hydrogen-bond donors (Lipinski definition) is 2. The minimum absolute atomic E-state index is 0.0440. The van der Waals surface area contributed by atoms with E-state index in [2.05, 4.69) is 5.32 Å². The molecule has 0 saturated carbocycles. The first kappa shape index (κ1) is 16.7. The second kappa shape index (κ2) is 5.85. The third-order valence-electron chi connectivity index (χ3n) is 3.11. The number of rotatable bonds is 4. The van der Waals surface area contributed by atoms with Crippen LogP contribution in [-0.4, -0.2) is 30.5 Å². The molecule has 2 heterocycles. The Hall–Kier alpha value is -2.66. The van der Waals surface area contributed by atoms with Crippen LogP contribution in [-0.2, 0) is 24.1 Å². The van der Waals surface area contributed by atoms with E-state index in [0.29, 0.717) is 0 Å². The summed E-state index contributed by atoms with van der Waals surface area (Å²) in [6, 6.07) is 3.34. The molecule has 0 aliphatic rings. The number of carbonyl (C=O) groups excluding carboxylic acids is 1. The molecule has 1 amide bonds. The van der Waals surface area contributed by atoms with Crippen molar-refractivity contribution in [3.63, 3.8) is 0 Å². The second-order valence-electron chi connectivity index (χ2n) is 4.55. The summed E-state index contributed by atoms with van der Waals surface area (Å²) >= 11 is 0. The zero-order valence-electron chi connectivity index (χ0n) is 12.5. The first-order valence-corrected chi connectivity index (χ1v) is 7.77. The van der Waals surface area contributed by atoms with Gasteiger partial charge in [0.1, 0.15) is 5.82 Å². The van der Waals surface area contributed by atoms with Crippen LogP contribution in [0.3, 0.4) is 0 Å². The van der Waals surface area contributed by atoms with Crippen LogP contribution in [0.15, 0.2) is 37.3 Å². The number of sulfonamides is 1. The van der Waals surface area contributed by atoms with Gasteiger partial charge in [-0.3, -0.25) is 18.7 Å². The third-order valence-corrected chi connectivity index (χ3v) is 4.39. The molecule has 0 unspecified atom stereocenters. The molecule has 23 heavy (non-hydrogen) atoms. The number of hydrogen-bond acceptors (Lipinski definition) is 6. The summed E-state index contributed by atoms with van der Waals surface area (Å²) < 4.78 is 32.0. The Morgan fingerprint density at radius 1 is 1.17 bits per heavy atom. The Kier molecular flexibility index (Phi) is 4.25. The molecule has 2 N–H and O–H groups in total. The Balaban J connectivity index is 2.34. The highest BCUT2D eigenvalue weighted by Crippen LogP contribution is 2.14. The summed E-state index contributed by atoms with van der Waals surface area (Å²) in [6.45, 7) is 0. The monoisotopic (exact) mass is 342 g/mol. The van der Waals surface area contributed by atoms with Gasteiger partial charge in [-0.15, -0.1) is 0 Å². The van der Waals surface area contributed by atoms with Gasteiger partial charge >= 0.3 is 5.69 Å². The molecule has 0 fully saturated rings. The maximum absolute atomic E-state index is 12.1. The molecule has 0 radical (unpaired) electrons. The van der Waals surface area contributed by atoms with Gasteiger partial charge in [-0.25, -0.2) is 17.9 Å². The summed E-state index contributed by atoms with van der Waals surface area (Å²) in [6.07, 6.45) is 0. The van der Waals surface area contributed by atoms with Crippen molar-refractivity contribution in [1.82, 2.24) is 13.9 Å². The molecule has 2 aromatic rings. The molecule has 0 spiro atoms. The number of furan rings is 1. The first-order chi connectivity index (χ1) is 10.7. The number of nitrogens with one attached hydrogen (secondary N) is 2. The van der Waals surface area contributed by atoms with Crippen molar-refractivity contribution in [2.45, 2.75) is 5.09 Å². The molecule has 0 aliphatic carbocycles. The lowest BCUT2D eigenvalue weighted by atomic mass is 10.4. The van der Waals surface area contributed by atoms with E-state index in [1.807, 2.05) is 4.72 Å². The molecule has 0 aliphatic heterocycles. The molecule has 0 bridgehead atoms. The Labute approximate surface area is 130 Å². The average Bonchev–Trinajstić information content (AvgIpc) is 3.01. The molecule has 0 atom stereocenters. The molecule has 0 saturated heterocycles. The van der Waals surface area contributed by atoms with E-state index < -0.39 is 32.3 Å². The molecule has 2 rings (SSSR count). The van der Waals surface area contributed by atoms with E-state index in [9.17, 15) is 22.8 Å². The van der Waals surface area contributed by atoms with Gasteiger partial charge in [0.05, 0.1) is 0 Å². The van der Waals surface area contributed by atoms with E-state index in [4.69, 9.17) is 4.42 Å². The van der Waals surface area contributed by atoms with Crippen LogP contribution in [0, 0.1) is 0 Å². The summed E-state index contributed by atoms with van der Waals surface area (Å²) in [7, 11) is 0.0600. The smallest absolute Gasteiger partial charge is 0.332 e. The minimum Gasteiger partial charge on any atom is -0.438 e. The predicted molar refractivity (Wildman–Crippen MR) is 79.8 cm³/mol. The number of aromatic nitrogens is 2. The van der Waals surface area contributed by atoms with E-state index in [-0.39, 0.29) is 11.6 Å². The highest BCUT2D eigenvalue weighted by molar-refractivity contribution is 7.89. The largest absolute Gasteiger partial charge is 0.438 e. The van der Waals surface area contributed by atoms with Crippen molar-refractivity contribution in [3.05, 3.63) is 44.8 Å². The fourth-order valence-electron chi connectivity index (χ4n) is 1.72. The van der Waals surface area contributed by atoms with Gasteiger partial charge in [0, 0.05) is 20.2 Å². The van der Waals surface area contributed by atoms with Crippen LogP contribution in [0.1, 0.15) is 10.6 Å². The zero-order valence-corrected chi connectivity index (χ0v) is 13.3. The third kappa shape index (κ3) is 3.10. The molecular formula is C12H14N4O6S. The lowest BCUT2D eigenvalue weighted by Gasteiger charge is -2.09. The first-order valence-electron chi connectivity index (χ1n) is 6.29. The number of carbonyl (C=O) groups is 1. The van der Waals surface area contributed by atoms with Crippen molar-refractivity contribution in [2.75, 3.05) is 12.4 Å². The average molecular weight is 342 g/mol.